The molecule has 1 amide bonds. The van der Waals surface area contributed by atoms with Gasteiger partial charge in [0.1, 0.15) is 5.75 Å². The van der Waals surface area contributed by atoms with Crippen LogP contribution in [0.15, 0.2) is 58.9 Å². The van der Waals surface area contributed by atoms with Gasteiger partial charge < -0.3 is 15.8 Å². The Hall–Kier alpha value is -3.11. The van der Waals surface area contributed by atoms with E-state index in [0.29, 0.717) is 29.3 Å². The molecule has 1 aromatic heterocycles. The fourth-order valence-electron chi connectivity index (χ4n) is 2.40. The van der Waals surface area contributed by atoms with Crippen LogP contribution in [0.3, 0.4) is 0 Å². The van der Waals surface area contributed by atoms with Crippen molar-refractivity contribution in [3.8, 4) is 5.75 Å². The number of amides is 1. The number of hydrogen-bond acceptors (Lipinski definition) is 7. The van der Waals surface area contributed by atoms with Gasteiger partial charge in [-0.25, -0.2) is 13.4 Å². The van der Waals surface area contributed by atoms with Gasteiger partial charge in [-0.15, -0.1) is 11.3 Å². The van der Waals surface area contributed by atoms with Crippen LogP contribution in [0.25, 0.3) is 0 Å². The fraction of sp³-hybridized carbons (Fsp3) is 0.158. The minimum Gasteiger partial charge on any atom is -0.491 e. The van der Waals surface area contributed by atoms with Gasteiger partial charge in [-0.3, -0.25) is 9.52 Å². The lowest BCUT2D eigenvalue weighted by Gasteiger charge is -2.11. The predicted molar refractivity (Wildman–Crippen MR) is 114 cm³/mol. The van der Waals surface area contributed by atoms with Crippen LogP contribution in [0.4, 0.5) is 16.5 Å². The molecule has 10 heteroatoms. The third-order valence-corrected chi connectivity index (χ3v) is 5.98. The first-order valence-corrected chi connectivity index (χ1v) is 11.1. The van der Waals surface area contributed by atoms with Crippen molar-refractivity contribution in [2.75, 3.05) is 22.4 Å². The number of nitrogens with zero attached hydrogens (tertiary/aromatic N) is 1. The lowest BCUT2D eigenvalue weighted by Crippen LogP contribution is -2.14. The van der Waals surface area contributed by atoms with E-state index in [1.807, 2.05) is 6.92 Å². The zero-order chi connectivity index (χ0) is 20.9. The van der Waals surface area contributed by atoms with Gasteiger partial charge in [-0.2, -0.15) is 0 Å². The van der Waals surface area contributed by atoms with E-state index in [0.717, 1.165) is 6.42 Å². The molecule has 0 spiro atoms. The van der Waals surface area contributed by atoms with Crippen LogP contribution in [-0.2, 0) is 10.0 Å². The van der Waals surface area contributed by atoms with Crippen molar-refractivity contribution in [2.24, 2.45) is 0 Å². The summed E-state index contributed by atoms with van der Waals surface area (Å²) in [5.74, 6) is 0.168. The normalized spacial score (nSPS) is 11.1. The maximum Gasteiger partial charge on any atom is 0.263 e. The van der Waals surface area contributed by atoms with Gasteiger partial charge in [0.15, 0.2) is 5.13 Å². The first-order valence-electron chi connectivity index (χ1n) is 8.75. The summed E-state index contributed by atoms with van der Waals surface area (Å²) in [6, 6.07) is 10.6. The highest BCUT2D eigenvalue weighted by Gasteiger charge is 2.16. The number of carbonyl (C=O) groups is 1. The van der Waals surface area contributed by atoms with Crippen molar-refractivity contribution < 1.29 is 17.9 Å². The number of nitrogen functional groups attached to an aromatic ring is 1. The predicted octanol–water partition coefficient (Wildman–Crippen LogP) is 3.57. The van der Waals surface area contributed by atoms with E-state index in [9.17, 15) is 13.2 Å². The minimum absolute atomic E-state index is 0.0624. The molecule has 0 saturated heterocycles. The van der Waals surface area contributed by atoms with Crippen LogP contribution in [0.1, 0.15) is 23.7 Å². The van der Waals surface area contributed by atoms with Crippen molar-refractivity contribution in [2.45, 2.75) is 18.2 Å². The largest absolute Gasteiger partial charge is 0.491 e. The van der Waals surface area contributed by atoms with E-state index >= 15 is 0 Å². The lowest BCUT2D eigenvalue weighted by molar-refractivity contribution is 0.102. The molecule has 152 valence electrons. The Labute approximate surface area is 172 Å². The van der Waals surface area contributed by atoms with Gasteiger partial charge in [0.2, 0.25) is 0 Å². The highest BCUT2D eigenvalue weighted by Crippen LogP contribution is 2.24. The highest BCUT2D eigenvalue weighted by molar-refractivity contribution is 7.93. The molecule has 8 nitrogen and oxygen atoms in total. The Bertz CT molecular complexity index is 1080. The van der Waals surface area contributed by atoms with E-state index in [2.05, 4.69) is 15.0 Å². The maximum atomic E-state index is 12.4. The summed E-state index contributed by atoms with van der Waals surface area (Å²) >= 11 is 1.18. The fourth-order valence-corrected chi connectivity index (χ4v) is 4.19. The number of sulfonamides is 1. The number of thiazole rings is 1. The Morgan fingerprint density at radius 2 is 1.97 bits per heavy atom. The molecule has 4 N–H and O–H groups in total. The summed E-state index contributed by atoms with van der Waals surface area (Å²) in [5.41, 5.74) is 7.13. The maximum absolute atomic E-state index is 12.4. The van der Waals surface area contributed by atoms with Gasteiger partial charge in [0, 0.05) is 22.8 Å². The smallest absolute Gasteiger partial charge is 0.263 e. The molecule has 29 heavy (non-hydrogen) atoms. The molecule has 0 fully saturated rings. The van der Waals surface area contributed by atoms with Crippen molar-refractivity contribution in [3.05, 3.63) is 59.6 Å². The van der Waals surface area contributed by atoms with Gasteiger partial charge in [-0.1, -0.05) is 6.92 Å². The molecule has 0 bridgehead atoms. The zero-order valence-electron chi connectivity index (χ0n) is 15.6. The summed E-state index contributed by atoms with van der Waals surface area (Å²) in [5, 5.41) is 4.67. The van der Waals surface area contributed by atoms with Gasteiger partial charge >= 0.3 is 0 Å². The molecule has 3 rings (SSSR count). The highest BCUT2D eigenvalue weighted by atomic mass is 32.2. The van der Waals surface area contributed by atoms with Crippen LogP contribution < -0.4 is 20.5 Å². The van der Waals surface area contributed by atoms with E-state index < -0.39 is 10.0 Å². The lowest BCUT2D eigenvalue weighted by atomic mass is 10.1. The number of nitrogens with two attached hydrogens (primary N) is 1. The van der Waals surface area contributed by atoms with Crippen molar-refractivity contribution in [1.82, 2.24) is 4.98 Å². The number of hydrogen-bond donors (Lipinski definition) is 3. The molecule has 2 aromatic carbocycles. The third-order valence-electron chi connectivity index (χ3n) is 3.81. The van der Waals surface area contributed by atoms with Crippen molar-refractivity contribution >= 4 is 43.8 Å². The summed E-state index contributed by atoms with van der Waals surface area (Å²) in [7, 11) is -3.74. The first-order chi connectivity index (χ1) is 13.9. The van der Waals surface area contributed by atoms with Crippen LogP contribution >= 0.6 is 11.3 Å². The van der Waals surface area contributed by atoms with Crippen LogP contribution in [0.2, 0.25) is 0 Å². The molecular formula is C19H20N4O4S2. The molecule has 0 radical (unpaired) electrons. The molecule has 0 aliphatic heterocycles. The monoisotopic (exact) mass is 432 g/mol. The Morgan fingerprint density at radius 3 is 2.59 bits per heavy atom. The molecule has 0 saturated carbocycles. The second-order valence-corrected chi connectivity index (χ2v) is 8.60. The Kier molecular flexibility index (Phi) is 6.35. The summed E-state index contributed by atoms with van der Waals surface area (Å²) in [4.78, 5) is 16.4. The van der Waals surface area contributed by atoms with Gasteiger partial charge in [0.05, 0.1) is 17.2 Å². The number of nitrogens with one attached hydrogen (secondary N) is 2. The van der Waals surface area contributed by atoms with Gasteiger partial charge in [-0.05, 0) is 48.9 Å². The van der Waals surface area contributed by atoms with Crippen LogP contribution in [0.5, 0.6) is 5.75 Å². The number of benzene rings is 2. The molecule has 0 aliphatic carbocycles. The Balaban J connectivity index is 1.68. The topological polar surface area (TPSA) is 123 Å². The van der Waals surface area contributed by atoms with Crippen molar-refractivity contribution in [3.63, 3.8) is 0 Å². The molecule has 3 aromatic rings. The second-order valence-electron chi connectivity index (χ2n) is 6.02. The number of ether oxygens (including phenoxy) is 1. The summed E-state index contributed by atoms with van der Waals surface area (Å²) in [6.07, 6.45) is 2.36. The van der Waals surface area contributed by atoms with E-state index in [4.69, 9.17) is 10.5 Å². The molecule has 0 aliphatic rings. The number of aromatic nitrogens is 1. The molecule has 0 unspecified atom stereocenters. The van der Waals surface area contributed by atoms with E-state index in [-0.39, 0.29) is 15.9 Å². The summed E-state index contributed by atoms with van der Waals surface area (Å²) < 4.78 is 32.6. The molecule has 0 atom stereocenters. The van der Waals surface area contributed by atoms with Crippen LogP contribution in [0, 0.1) is 0 Å². The zero-order valence-corrected chi connectivity index (χ0v) is 17.2. The first kappa shape index (κ1) is 20.6. The number of anilines is 3. The summed E-state index contributed by atoms with van der Waals surface area (Å²) in [6.45, 7) is 2.53. The average molecular weight is 433 g/mol. The SMILES string of the molecule is CCCOc1ccc(C(=O)Nc2ccc(S(=O)(=O)Nc3nccs3)cc2)cc1N. The minimum atomic E-state index is -3.74. The van der Waals surface area contributed by atoms with Gasteiger partial charge in [0.25, 0.3) is 15.9 Å². The number of carbonyl (C=O) groups excluding carboxylic acids is 1. The molecule has 1 heterocycles. The standard InChI is InChI=1S/C19H20N4O4S2/c1-2-10-27-17-8-3-13(12-16(17)20)18(24)22-14-4-6-15(7-5-14)29(25,26)23-19-21-9-11-28-19/h3-9,11-12H,2,10,20H2,1H3,(H,21,23)(H,22,24). The quantitative estimate of drug-likeness (QED) is 0.468. The van der Waals surface area contributed by atoms with Crippen molar-refractivity contribution in [1.29, 1.82) is 0 Å². The molecular weight excluding hydrogens is 412 g/mol. The average Bonchev–Trinajstić information content (AvgIpc) is 3.19. The second kappa shape index (κ2) is 8.93. The Morgan fingerprint density at radius 1 is 1.21 bits per heavy atom. The van der Waals surface area contributed by atoms with E-state index in [1.54, 1.807) is 17.5 Å². The van der Waals surface area contributed by atoms with E-state index in [1.165, 1.54) is 47.9 Å². The van der Waals surface area contributed by atoms with Crippen LogP contribution in [-0.4, -0.2) is 25.9 Å². The third kappa shape index (κ3) is 5.24. The number of rotatable bonds is 8.